The maximum absolute atomic E-state index is 13.2. The standard InChI is InChI=1S/C12H12ClFO3/c13-10-6-8(14)5-7(1-4-11(15)16)12(10)17-9-2-3-9/h5-6,9H,1-4H2,(H,15,16). The predicted molar refractivity (Wildman–Crippen MR) is 61.0 cm³/mol. The van der Waals surface area contributed by atoms with Crippen molar-refractivity contribution in [3.05, 3.63) is 28.5 Å². The van der Waals surface area contributed by atoms with E-state index in [1.54, 1.807) is 0 Å². The number of halogens is 2. The largest absolute Gasteiger partial charge is 0.489 e. The van der Waals surface area contributed by atoms with E-state index < -0.39 is 11.8 Å². The third-order valence-corrected chi connectivity index (χ3v) is 2.78. The zero-order valence-electron chi connectivity index (χ0n) is 9.08. The summed E-state index contributed by atoms with van der Waals surface area (Å²) in [5, 5.41) is 8.84. The van der Waals surface area contributed by atoms with Crippen molar-refractivity contribution in [3.63, 3.8) is 0 Å². The lowest BCUT2D eigenvalue weighted by molar-refractivity contribution is -0.136. The molecular formula is C12H12ClFO3. The van der Waals surface area contributed by atoms with Gasteiger partial charge in [0.05, 0.1) is 11.1 Å². The van der Waals surface area contributed by atoms with Gasteiger partial charge in [-0.25, -0.2) is 4.39 Å². The molecule has 0 atom stereocenters. The molecule has 0 amide bonds. The lowest BCUT2D eigenvalue weighted by atomic mass is 10.1. The van der Waals surface area contributed by atoms with Crippen LogP contribution in [0.2, 0.25) is 5.02 Å². The van der Waals surface area contributed by atoms with Gasteiger partial charge < -0.3 is 9.84 Å². The molecule has 0 aliphatic heterocycles. The summed E-state index contributed by atoms with van der Waals surface area (Å²) in [5.41, 5.74) is 0.518. The van der Waals surface area contributed by atoms with E-state index in [-0.39, 0.29) is 24.0 Å². The van der Waals surface area contributed by atoms with Crippen LogP contribution < -0.4 is 4.74 Å². The molecule has 92 valence electrons. The van der Waals surface area contributed by atoms with Crippen molar-refractivity contribution in [3.8, 4) is 5.75 Å². The molecule has 0 saturated heterocycles. The number of aliphatic carboxylic acids is 1. The van der Waals surface area contributed by atoms with Gasteiger partial charge in [-0.15, -0.1) is 0 Å². The zero-order valence-corrected chi connectivity index (χ0v) is 9.84. The molecule has 1 aromatic rings. The lowest BCUT2D eigenvalue weighted by Crippen LogP contribution is -2.04. The molecule has 1 aliphatic carbocycles. The minimum atomic E-state index is -0.928. The predicted octanol–water partition coefficient (Wildman–Crippen LogP) is 3.04. The van der Waals surface area contributed by atoms with E-state index in [0.717, 1.165) is 12.8 Å². The van der Waals surface area contributed by atoms with E-state index in [1.807, 2.05) is 0 Å². The highest BCUT2D eigenvalue weighted by Crippen LogP contribution is 2.36. The lowest BCUT2D eigenvalue weighted by Gasteiger charge is -2.12. The summed E-state index contributed by atoms with van der Waals surface area (Å²) in [6.45, 7) is 0. The molecule has 0 aromatic heterocycles. The second-order valence-electron chi connectivity index (χ2n) is 4.09. The Morgan fingerprint density at radius 1 is 1.53 bits per heavy atom. The molecule has 1 aromatic carbocycles. The van der Waals surface area contributed by atoms with Gasteiger partial charge in [-0.1, -0.05) is 11.6 Å². The van der Waals surface area contributed by atoms with Crippen LogP contribution in [-0.2, 0) is 11.2 Å². The van der Waals surface area contributed by atoms with Gasteiger partial charge in [0, 0.05) is 6.42 Å². The molecule has 0 bridgehead atoms. The fourth-order valence-corrected chi connectivity index (χ4v) is 1.80. The quantitative estimate of drug-likeness (QED) is 0.883. The van der Waals surface area contributed by atoms with Crippen LogP contribution in [0.3, 0.4) is 0 Å². The molecular weight excluding hydrogens is 247 g/mol. The molecule has 1 aliphatic rings. The van der Waals surface area contributed by atoms with Gasteiger partial charge in [0.25, 0.3) is 0 Å². The second kappa shape index (κ2) is 4.92. The van der Waals surface area contributed by atoms with Crippen molar-refractivity contribution in [1.29, 1.82) is 0 Å². The zero-order chi connectivity index (χ0) is 12.4. The van der Waals surface area contributed by atoms with Crippen LogP contribution in [0.4, 0.5) is 4.39 Å². The Hall–Kier alpha value is -1.29. The van der Waals surface area contributed by atoms with E-state index in [4.69, 9.17) is 21.4 Å². The highest BCUT2D eigenvalue weighted by atomic mass is 35.5. The van der Waals surface area contributed by atoms with Gasteiger partial charge in [-0.3, -0.25) is 4.79 Å². The van der Waals surface area contributed by atoms with Crippen LogP contribution in [0.5, 0.6) is 5.75 Å². The van der Waals surface area contributed by atoms with Gasteiger partial charge in [0.2, 0.25) is 0 Å². The van der Waals surface area contributed by atoms with Crippen molar-refractivity contribution in [2.24, 2.45) is 0 Å². The van der Waals surface area contributed by atoms with Gasteiger partial charge >= 0.3 is 5.97 Å². The summed E-state index contributed by atoms with van der Waals surface area (Å²) >= 11 is 5.91. The van der Waals surface area contributed by atoms with E-state index in [9.17, 15) is 9.18 Å². The molecule has 17 heavy (non-hydrogen) atoms. The normalized spacial score (nSPS) is 14.7. The third-order valence-electron chi connectivity index (χ3n) is 2.50. The number of carboxylic acid groups (broad SMARTS) is 1. The minimum Gasteiger partial charge on any atom is -0.489 e. The number of rotatable bonds is 5. The highest BCUT2D eigenvalue weighted by molar-refractivity contribution is 6.32. The fraction of sp³-hybridized carbons (Fsp3) is 0.417. The van der Waals surface area contributed by atoms with Crippen molar-refractivity contribution in [1.82, 2.24) is 0 Å². The Morgan fingerprint density at radius 2 is 2.24 bits per heavy atom. The maximum atomic E-state index is 13.2. The molecule has 0 heterocycles. The summed E-state index contributed by atoms with van der Waals surface area (Å²) in [7, 11) is 0. The first-order chi connectivity index (χ1) is 8.06. The number of ether oxygens (including phenoxy) is 1. The van der Waals surface area contributed by atoms with E-state index >= 15 is 0 Å². The van der Waals surface area contributed by atoms with Crippen molar-refractivity contribution < 1.29 is 19.0 Å². The van der Waals surface area contributed by atoms with Crippen molar-refractivity contribution in [2.75, 3.05) is 0 Å². The molecule has 5 heteroatoms. The fourth-order valence-electron chi connectivity index (χ4n) is 1.53. The summed E-state index contributed by atoms with van der Waals surface area (Å²) in [5.74, 6) is -0.974. The first-order valence-corrected chi connectivity index (χ1v) is 5.80. The molecule has 1 N–H and O–H groups in total. The average Bonchev–Trinajstić information content (AvgIpc) is 3.03. The SMILES string of the molecule is O=C(O)CCc1cc(F)cc(Cl)c1OC1CC1. The Bertz CT molecular complexity index is 444. The van der Waals surface area contributed by atoms with E-state index in [2.05, 4.69) is 0 Å². The summed E-state index contributed by atoms with van der Waals surface area (Å²) in [6.07, 6.45) is 2.22. The van der Waals surface area contributed by atoms with Gasteiger partial charge in [0.1, 0.15) is 11.6 Å². The van der Waals surface area contributed by atoms with Crippen molar-refractivity contribution >= 4 is 17.6 Å². The van der Waals surface area contributed by atoms with Crippen LogP contribution in [0.15, 0.2) is 12.1 Å². The van der Waals surface area contributed by atoms with Gasteiger partial charge in [-0.2, -0.15) is 0 Å². The molecule has 3 nitrogen and oxygen atoms in total. The van der Waals surface area contributed by atoms with Crippen LogP contribution in [0.25, 0.3) is 0 Å². The van der Waals surface area contributed by atoms with Gasteiger partial charge in [0.15, 0.2) is 0 Å². The molecule has 0 unspecified atom stereocenters. The molecule has 0 spiro atoms. The van der Waals surface area contributed by atoms with Crippen LogP contribution in [0.1, 0.15) is 24.8 Å². The van der Waals surface area contributed by atoms with Crippen molar-refractivity contribution in [2.45, 2.75) is 31.8 Å². The number of hydrogen-bond donors (Lipinski definition) is 1. The number of carbonyl (C=O) groups is 1. The average molecular weight is 259 g/mol. The Labute approximate surface area is 103 Å². The van der Waals surface area contributed by atoms with Crippen LogP contribution in [0, 0.1) is 5.82 Å². The van der Waals surface area contributed by atoms with E-state index in [0.29, 0.717) is 11.3 Å². The van der Waals surface area contributed by atoms with E-state index in [1.165, 1.54) is 12.1 Å². The second-order valence-corrected chi connectivity index (χ2v) is 4.49. The summed E-state index contributed by atoms with van der Waals surface area (Å²) in [6, 6.07) is 2.47. The number of benzene rings is 1. The number of carboxylic acids is 1. The topological polar surface area (TPSA) is 46.5 Å². The molecule has 0 radical (unpaired) electrons. The number of hydrogen-bond acceptors (Lipinski definition) is 2. The Kier molecular flexibility index (Phi) is 3.52. The highest BCUT2D eigenvalue weighted by Gasteiger charge is 2.26. The van der Waals surface area contributed by atoms with Crippen LogP contribution in [-0.4, -0.2) is 17.2 Å². The summed E-state index contributed by atoms with van der Waals surface area (Å²) in [4.78, 5) is 10.5. The minimum absolute atomic E-state index is 0.0686. The van der Waals surface area contributed by atoms with Crippen LogP contribution >= 0.6 is 11.6 Å². The molecule has 2 rings (SSSR count). The van der Waals surface area contributed by atoms with Gasteiger partial charge in [-0.05, 0) is 37.0 Å². The number of aryl methyl sites for hydroxylation is 1. The smallest absolute Gasteiger partial charge is 0.303 e. The first kappa shape index (κ1) is 12.2. The third kappa shape index (κ3) is 3.33. The molecule has 1 fully saturated rings. The maximum Gasteiger partial charge on any atom is 0.303 e. The molecule has 1 saturated carbocycles. The summed E-state index contributed by atoms with van der Waals surface area (Å²) < 4.78 is 18.8. The monoisotopic (exact) mass is 258 g/mol. The first-order valence-electron chi connectivity index (χ1n) is 5.42. The Balaban J connectivity index is 2.22. The Morgan fingerprint density at radius 3 is 2.82 bits per heavy atom.